The van der Waals surface area contributed by atoms with Crippen LogP contribution in [0.5, 0.6) is 0 Å². The van der Waals surface area contributed by atoms with Crippen molar-refractivity contribution in [2.45, 2.75) is 19.3 Å². The number of halogens is 3. The number of anilines is 1. The van der Waals surface area contributed by atoms with Crippen LogP contribution in [0.2, 0.25) is 10.0 Å². The number of amides is 1. The largest absolute Gasteiger partial charge is 0.396 e. The third-order valence-corrected chi connectivity index (χ3v) is 3.14. The summed E-state index contributed by atoms with van der Waals surface area (Å²) in [6.07, 6.45) is 1.58. The lowest BCUT2D eigenvalue weighted by molar-refractivity contribution is -0.116. The predicted molar refractivity (Wildman–Crippen MR) is 73.7 cm³/mol. The molecule has 0 aliphatic rings. The van der Waals surface area contributed by atoms with Crippen molar-refractivity contribution in [3.05, 3.63) is 26.7 Å². The van der Waals surface area contributed by atoms with E-state index in [1.807, 2.05) is 0 Å². The fraction of sp³-hybridized carbons (Fsp3) is 0.364. The second kappa shape index (κ2) is 7.21. The molecule has 0 saturated heterocycles. The van der Waals surface area contributed by atoms with Crippen LogP contribution in [-0.4, -0.2) is 17.6 Å². The van der Waals surface area contributed by atoms with Crippen molar-refractivity contribution in [1.82, 2.24) is 0 Å². The van der Waals surface area contributed by atoms with Crippen molar-refractivity contribution >= 4 is 50.7 Å². The Kier molecular flexibility index (Phi) is 6.27. The van der Waals surface area contributed by atoms with Crippen molar-refractivity contribution < 1.29 is 9.90 Å². The first kappa shape index (κ1) is 14.8. The minimum absolute atomic E-state index is 0.0904. The molecule has 1 rings (SSSR count). The van der Waals surface area contributed by atoms with Gasteiger partial charge in [-0.05, 0) is 25.0 Å². The van der Waals surface area contributed by atoms with Gasteiger partial charge in [0.15, 0.2) is 0 Å². The lowest BCUT2D eigenvalue weighted by Crippen LogP contribution is -2.12. The first-order valence-corrected chi connectivity index (χ1v) is 6.64. The number of aliphatic hydroxyl groups excluding tert-OH is 1. The molecule has 0 heterocycles. The standard InChI is InChI=1S/C11H12BrCl2NO2/c12-7-5-8(13)11(9(14)6-7)15-10(17)3-1-2-4-16/h5-6,16H,1-4H2,(H,15,17). The van der Waals surface area contributed by atoms with Gasteiger partial charge in [0.25, 0.3) is 0 Å². The smallest absolute Gasteiger partial charge is 0.224 e. The van der Waals surface area contributed by atoms with E-state index >= 15 is 0 Å². The van der Waals surface area contributed by atoms with Gasteiger partial charge in [0, 0.05) is 17.5 Å². The number of aliphatic hydroxyl groups is 1. The molecule has 2 N–H and O–H groups in total. The lowest BCUT2D eigenvalue weighted by atomic mass is 10.2. The Bertz CT molecular complexity index is 389. The van der Waals surface area contributed by atoms with E-state index in [4.69, 9.17) is 28.3 Å². The summed E-state index contributed by atoms with van der Waals surface area (Å²) in [6, 6.07) is 3.33. The van der Waals surface area contributed by atoms with E-state index < -0.39 is 0 Å². The van der Waals surface area contributed by atoms with Gasteiger partial charge < -0.3 is 10.4 Å². The number of rotatable bonds is 5. The van der Waals surface area contributed by atoms with Gasteiger partial charge in [-0.3, -0.25) is 4.79 Å². The van der Waals surface area contributed by atoms with Gasteiger partial charge in [0.2, 0.25) is 5.91 Å². The molecule has 17 heavy (non-hydrogen) atoms. The first-order chi connectivity index (χ1) is 8.04. The molecule has 94 valence electrons. The maximum Gasteiger partial charge on any atom is 0.224 e. The van der Waals surface area contributed by atoms with Crippen LogP contribution in [0.4, 0.5) is 5.69 Å². The predicted octanol–water partition coefficient (Wildman–Crippen LogP) is 3.86. The van der Waals surface area contributed by atoms with E-state index in [0.717, 1.165) is 4.47 Å². The number of nitrogens with one attached hydrogen (secondary N) is 1. The van der Waals surface area contributed by atoms with Crippen molar-refractivity contribution in [3.63, 3.8) is 0 Å². The van der Waals surface area contributed by atoms with Crippen LogP contribution < -0.4 is 5.32 Å². The van der Waals surface area contributed by atoms with Gasteiger partial charge in [0.05, 0.1) is 15.7 Å². The molecule has 0 bridgehead atoms. The lowest BCUT2D eigenvalue weighted by Gasteiger charge is -2.09. The Morgan fingerprint density at radius 3 is 2.41 bits per heavy atom. The topological polar surface area (TPSA) is 49.3 Å². The molecule has 1 amide bonds. The third-order valence-electron chi connectivity index (χ3n) is 2.08. The average molecular weight is 341 g/mol. The zero-order valence-corrected chi connectivity index (χ0v) is 12.1. The van der Waals surface area contributed by atoms with Crippen LogP contribution in [0.25, 0.3) is 0 Å². The molecule has 0 fully saturated rings. The second-order valence-electron chi connectivity index (χ2n) is 3.47. The summed E-state index contributed by atoms with van der Waals surface area (Å²) >= 11 is 15.2. The number of unbranched alkanes of at least 4 members (excludes halogenated alkanes) is 1. The molecule has 0 unspecified atom stereocenters. The normalized spacial score (nSPS) is 10.4. The highest BCUT2D eigenvalue weighted by Crippen LogP contribution is 2.33. The zero-order valence-electron chi connectivity index (χ0n) is 8.97. The monoisotopic (exact) mass is 339 g/mol. The highest BCUT2D eigenvalue weighted by molar-refractivity contribution is 9.10. The molecule has 0 aliphatic heterocycles. The first-order valence-electron chi connectivity index (χ1n) is 5.10. The third kappa shape index (κ3) is 4.84. The summed E-state index contributed by atoms with van der Waals surface area (Å²) in [4.78, 5) is 11.6. The van der Waals surface area contributed by atoms with E-state index in [2.05, 4.69) is 21.2 Å². The minimum Gasteiger partial charge on any atom is -0.396 e. The van der Waals surface area contributed by atoms with Gasteiger partial charge >= 0.3 is 0 Å². The van der Waals surface area contributed by atoms with E-state index in [1.54, 1.807) is 12.1 Å². The van der Waals surface area contributed by atoms with Gasteiger partial charge in [-0.15, -0.1) is 0 Å². The number of hydrogen-bond donors (Lipinski definition) is 2. The maximum absolute atomic E-state index is 11.6. The molecule has 0 spiro atoms. The van der Waals surface area contributed by atoms with Crippen molar-refractivity contribution in [1.29, 1.82) is 0 Å². The van der Waals surface area contributed by atoms with E-state index in [9.17, 15) is 4.79 Å². The Hall–Kier alpha value is -0.290. The van der Waals surface area contributed by atoms with Crippen LogP contribution in [-0.2, 0) is 4.79 Å². The number of carbonyl (C=O) groups is 1. The highest BCUT2D eigenvalue weighted by atomic mass is 79.9. The molecule has 3 nitrogen and oxygen atoms in total. The number of benzene rings is 1. The Morgan fingerprint density at radius 1 is 1.29 bits per heavy atom. The molecule has 1 aromatic carbocycles. The molecule has 0 radical (unpaired) electrons. The molecule has 6 heteroatoms. The summed E-state index contributed by atoms with van der Waals surface area (Å²) in [5.41, 5.74) is 0.422. The van der Waals surface area contributed by atoms with Crippen LogP contribution >= 0.6 is 39.1 Å². The van der Waals surface area contributed by atoms with Crippen molar-refractivity contribution in [2.24, 2.45) is 0 Å². The number of hydrogen-bond acceptors (Lipinski definition) is 2. The summed E-state index contributed by atoms with van der Waals surface area (Å²) < 4.78 is 0.755. The summed E-state index contributed by atoms with van der Waals surface area (Å²) in [5.74, 6) is -0.162. The average Bonchev–Trinajstić information content (AvgIpc) is 2.24. The molecular formula is C11H12BrCl2NO2. The molecule has 0 atom stereocenters. The van der Waals surface area contributed by atoms with Crippen molar-refractivity contribution in [2.75, 3.05) is 11.9 Å². The maximum atomic E-state index is 11.6. The van der Waals surface area contributed by atoms with Crippen LogP contribution in [0.15, 0.2) is 16.6 Å². The van der Waals surface area contributed by atoms with Gasteiger partial charge in [-0.25, -0.2) is 0 Å². The second-order valence-corrected chi connectivity index (χ2v) is 5.20. The quantitative estimate of drug-likeness (QED) is 0.799. The molecule has 0 aliphatic carbocycles. The fourth-order valence-electron chi connectivity index (χ4n) is 1.26. The van der Waals surface area contributed by atoms with Crippen LogP contribution in [0, 0.1) is 0 Å². The van der Waals surface area contributed by atoms with Gasteiger partial charge in [-0.1, -0.05) is 39.1 Å². The fourth-order valence-corrected chi connectivity index (χ4v) is 2.56. The van der Waals surface area contributed by atoms with Gasteiger partial charge in [-0.2, -0.15) is 0 Å². The van der Waals surface area contributed by atoms with E-state index in [0.29, 0.717) is 35.0 Å². The summed E-state index contributed by atoms with van der Waals surface area (Å²) in [7, 11) is 0. The van der Waals surface area contributed by atoms with Crippen LogP contribution in [0.1, 0.15) is 19.3 Å². The highest BCUT2D eigenvalue weighted by Gasteiger charge is 2.10. The van der Waals surface area contributed by atoms with Crippen molar-refractivity contribution in [3.8, 4) is 0 Å². The number of carbonyl (C=O) groups excluding carboxylic acids is 1. The molecular weight excluding hydrogens is 329 g/mol. The molecule has 1 aromatic rings. The molecule has 0 aromatic heterocycles. The summed E-state index contributed by atoms with van der Waals surface area (Å²) in [6.45, 7) is 0.0904. The van der Waals surface area contributed by atoms with E-state index in [1.165, 1.54) is 0 Å². The molecule has 0 saturated carbocycles. The Morgan fingerprint density at radius 2 is 1.88 bits per heavy atom. The van der Waals surface area contributed by atoms with Crippen LogP contribution in [0.3, 0.4) is 0 Å². The Labute approximate surface area is 118 Å². The van der Waals surface area contributed by atoms with E-state index in [-0.39, 0.29) is 12.5 Å². The Balaban J connectivity index is 2.65. The summed E-state index contributed by atoms with van der Waals surface area (Å²) in [5, 5.41) is 12.0. The minimum atomic E-state index is -0.162. The zero-order chi connectivity index (χ0) is 12.8. The SMILES string of the molecule is O=C(CCCCO)Nc1c(Cl)cc(Br)cc1Cl. The van der Waals surface area contributed by atoms with Gasteiger partial charge in [0.1, 0.15) is 0 Å².